The average molecular weight is 520 g/mol. The van der Waals surface area contributed by atoms with Gasteiger partial charge in [-0.05, 0) is 16.7 Å². The van der Waals surface area contributed by atoms with E-state index in [1.165, 1.54) is 6.92 Å². The van der Waals surface area contributed by atoms with Gasteiger partial charge in [0.2, 0.25) is 5.91 Å². The van der Waals surface area contributed by atoms with Gasteiger partial charge in [0.1, 0.15) is 18.3 Å². The Morgan fingerprint density at radius 2 is 1.24 bits per heavy atom. The van der Waals surface area contributed by atoms with Crippen LogP contribution < -0.4 is 5.32 Å². The fourth-order valence-electron chi connectivity index (χ4n) is 4.48. The molecule has 38 heavy (non-hydrogen) atoms. The van der Waals surface area contributed by atoms with Crippen molar-refractivity contribution in [1.82, 2.24) is 5.32 Å². The van der Waals surface area contributed by atoms with Gasteiger partial charge in [-0.1, -0.05) is 91.0 Å². The predicted molar refractivity (Wildman–Crippen MR) is 140 cm³/mol. The highest BCUT2D eigenvalue weighted by Gasteiger charge is 2.50. The van der Waals surface area contributed by atoms with E-state index in [4.69, 9.17) is 18.9 Å². The molecule has 5 atom stereocenters. The Labute approximate surface area is 222 Å². The van der Waals surface area contributed by atoms with Crippen LogP contribution in [0.1, 0.15) is 23.6 Å². The Kier molecular flexibility index (Phi) is 10.0. The minimum atomic E-state index is -1.35. The van der Waals surface area contributed by atoms with Gasteiger partial charge in [-0.2, -0.15) is 0 Å². The largest absolute Gasteiger partial charge is 0.479 e. The van der Waals surface area contributed by atoms with Crippen molar-refractivity contribution in [1.29, 1.82) is 0 Å². The molecule has 8 nitrogen and oxygen atoms in total. The van der Waals surface area contributed by atoms with Crippen molar-refractivity contribution in [3.63, 3.8) is 0 Å². The van der Waals surface area contributed by atoms with Crippen LogP contribution in [-0.2, 0) is 48.4 Å². The summed E-state index contributed by atoms with van der Waals surface area (Å²) in [7, 11) is 0. The second kappa shape index (κ2) is 13.8. The Balaban J connectivity index is 1.60. The molecule has 1 saturated heterocycles. The maximum atomic E-state index is 12.3. The number of amides is 1. The molecule has 3 aromatic rings. The van der Waals surface area contributed by atoms with Crippen molar-refractivity contribution in [3.8, 4) is 0 Å². The summed E-state index contributed by atoms with van der Waals surface area (Å²) in [5.41, 5.74) is 2.83. The molecule has 0 saturated carbocycles. The van der Waals surface area contributed by atoms with Gasteiger partial charge in [-0.15, -0.1) is 0 Å². The third-order valence-corrected chi connectivity index (χ3v) is 6.27. The molecule has 1 heterocycles. The van der Waals surface area contributed by atoms with Gasteiger partial charge in [0.15, 0.2) is 6.10 Å². The average Bonchev–Trinajstić information content (AvgIpc) is 2.93. The molecule has 3 aromatic carbocycles. The minimum absolute atomic E-state index is 0.0795. The maximum absolute atomic E-state index is 12.3. The molecule has 0 radical (unpaired) electrons. The van der Waals surface area contributed by atoms with Gasteiger partial charge in [0.05, 0.1) is 32.5 Å². The first-order chi connectivity index (χ1) is 18.5. The Hall–Kier alpha value is -3.56. The van der Waals surface area contributed by atoms with Crippen molar-refractivity contribution in [3.05, 3.63) is 108 Å². The molecule has 1 aliphatic rings. The fourth-order valence-corrected chi connectivity index (χ4v) is 4.48. The summed E-state index contributed by atoms with van der Waals surface area (Å²) >= 11 is 0. The molecule has 0 aliphatic carbocycles. The number of ether oxygens (including phenoxy) is 4. The lowest BCUT2D eigenvalue weighted by Gasteiger charge is -2.45. The second-order valence-electron chi connectivity index (χ2n) is 9.18. The molecule has 200 valence electrons. The molecule has 1 amide bonds. The van der Waals surface area contributed by atoms with Crippen LogP contribution in [0, 0.1) is 0 Å². The van der Waals surface area contributed by atoms with Crippen LogP contribution in [0.4, 0.5) is 0 Å². The number of carbonyl (C=O) groups is 2. The number of hydrogen-bond acceptors (Lipinski definition) is 6. The van der Waals surface area contributed by atoms with E-state index < -0.39 is 42.3 Å². The predicted octanol–water partition coefficient (Wildman–Crippen LogP) is 3.73. The van der Waals surface area contributed by atoms with E-state index >= 15 is 0 Å². The summed E-state index contributed by atoms with van der Waals surface area (Å²) in [6, 6.07) is 27.9. The first-order valence-corrected chi connectivity index (χ1v) is 12.6. The number of carboxylic acids is 1. The van der Waals surface area contributed by atoms with Crippen LogP contribution in [-0.4, -0.2) is 54.0 Å². The number of benzene rings is 3. The number of rotatable bonds is 12. The normalized spacial score (nSPS) is 23.0. The molecule has 0 bridgehead atoms. The molecule has 8 heteroatoms. The number of nitrogens with one attached hydrogen (secondary N) is 1. The Bertz CT molecular complexity index is 1140. The summed E-state index contributed by atoms with van der Waals surface area (Å²) in [5.74, 6) is -1.59. The summed E-state index contributed by atoms with van der Waals surface area (Å²) in [6.07, 6.45) is -3.64. The van der Waals surface area contributed by atoms with Crippen molar-refractivity contribution in [2.24, 2.45) is 0 Å². The van der Waals surface area contributed by atoms with Crippen LogP contribution in [0.3, 0.4) is 0 Å². The van der Waals surface area contributed by atoms with Crippen LogP contribution in [0.25, 0.3) is 0 Å². The molecular formula is C30H33NO7. The number of carboxylic acid groups (broad SMARTS) is 1. The van der Waals surface area contributed by atoms with E-state index in [9.17, 15) is 14.7 Å². The number of aliphatic carboxylic acids is 1. The summed E-state index contributed by atoms with van der Waals surface area (Å²) in [4.78, 5) is 24.4. The maximum Gasteiger partial charge on any atom is 0.335 e. The smallest absolute Gasteiger partial charge is 0.335 e. The zero-order valence-corrected chi connectivity index (χ0v) is 21.3. The van der Waals surface area contributed by atoms with E-state index in [1.54, 1.807) is 0 Å². The first kappa shape index (κ1) is 27.5. The Morgan fingerprint density at radius 3 is 1.71 bits per heavy atom. The van der Waals surface area contributed by atoms with Crippen molar-refractivity contribution in [2.75, 3.05) is 6.61 Å². The van der Waals surface area contributed by atoms with Crippen LogP contribution in [0.5, 0.6) is 0 Å². The van der Waals surface area contributed by atoms with Crippen LogP contribution in [0.15, 0.2) is 91.0 Å². The van der Waals surface area contributed by atoms with Gasteiger partial charge in [-0.3, -0.25) is 4.79 Å². The molecule has 4 rings (SSSR count). The van der Waals surface area contributed by atoms with Crippen LogP contribution in [0.2, 0.25) is 0 Å². The minimum Gasteiger partial charge on any atom is -0.479 e. The molecule has 0 spiro atoms. The van der Waals surface area contributed by atoms with Gasteiger partial charge < -0.3 is 29.4 Å². The van der Waals surface area contributed by atoms with Gasteiger partial charge in [0, 0.05) is 6.92 Å². The van der Waals surface area contributed by atoms with Gasteiger partial charge >= 0.3 is 5.97 Å². The third kappa shape index (κ3) is 7.72. The Morgan fingerprint density at radius 1 is 0.763 bits per heavy atom. The van der Waals surface area contributed by atoms with E-state index in [0.29, 0.717) is 6.61 Å². The van der Waals surface area contributed by atoms with E-state index in [1.807, 2.05) is 91.0 Å². The van der Waals surface area contributed by atoms with Crippen molar-refractivity contribution < 1.29 is 33.6 Å². The topological polar surface area (TPSA) is 103 Å². The highest BCUT2D eigenvalue weighted by Crippen LogP contribution is 2.29. The monoisotopic (exact) mass is 519 g/mol. The highest BCUT2D eigenvalue weighted by atomic mass is 16.6. The standard InChI is InChI=1S/C30H33NO7/c1-21(32)31-26-28(37-19-24-15-9-4-10-16-24)27(36-18-23-13-7-3-8-14-23)25(38-29(26)30(33)34)20-35-17-22-11-5-2-6-12-22/h2-16,25-29H,17-20H2,1H3,(H,31,32)(H,33,34)/t25-,26-,27-,28-,29+/m1/s1. The van der Waals surface area contributed by atoms with Crippen LogP contribution >= 0.6 is 0 Å². The van der Waals surface area contributed by atoms with Gasteiger partial charge in [-0.25, -0.2) is 4.79 Å². The SMILES string of the molecule is CC(=O)N[C@@H]1[C@@H](OCc2ccccc2)[C@H](OCc2ccccc2)[C@@H](COCc2ccccc2)O[C@@H]1C(=O)O. The number of carbonyl (C=O) groups excluding carboxylic acids is 1. The third-order valence-electron chi connectivity index (χ3n) is 6.27. The lowest BCUT2D eigenvalue weighted by molar-refractivity contribution is -0.235. The highest BCUT2D eigenvalue weighted by molar-refractivity contribution is 5.77. The summed E-state index contributed by atoms with van der Waals surface area (Å²) in [5, 5.41) is 12.8. The van der Waals surface area contributed by atoms with Crippen molar-refractivity contribution >= 4 is 11.9 Å². The zero-order chi connectivity index (χ0) is 26.7. The fraction of sp³-hybridized carbons (Fsp3) is 0.333. The molecule has 2 N–H and O–H groups in total. The zero-order valence-electron chi connectivity index (χ0n) is 21.3. The molecule has 1 fully saturated rings. The molecule has 1 aliphatic heterocycles. The lowest BCUT2D eigenvalue weighted by atomic mass is 9.91. The first-order valence-electron chi connectivity index (χ1n) is 12.6. The van der Waals surface area contributed by atoms with E-state index in [2.05, 4.69) is 5.32 Å². The lowest BCUT2D eigenvalue weighted by Crippen LogP contribution is -2.67. The molecular weight excluding hydrogens is 486 g/mol. The number of hydrogen-bond donors (Lipinski definition) is 2. The molecule has 0 unspecified atom stereocenters. The summed E-state index contributed by atoms with van der Waals surface area (Å²) in [6.45, 7) is 2.20. The molecule has 0 aromatic heterocycles. The quantitative estimate of drug-likeness (QED) is 0.376. The van der Waals surface area contributed by atoms with Gasteiger partial charge in [0.25, 0.3) is 0 Å². The second-order valence-corrected chi connectivity index (χ2v) is 9.18. The van der Waals surface area contributed by atoms with Crippen molar-refractivity contribution in [2.45, 2.75) is 57.2 Å². The van der Waals surface area contributed by atoms with E-state index in [-0.39, 0.29) is 19.8 Å². The summed E-state index contributed by atoms with van der Waals surface area (Å²) < 4.78 is 24.7. The van der Waals surface area contributed by atoms with E-state index in [0.717, 1.165) is 16.7 Å².